The molecule has 2 rings (SSSR count). The summed E-state index contributed by atoms with van der Waals surface area (Å²) in [7, 11) is 0. The van der Waals surface area contributed by atoms with E-state index in [9.17, 15) is 19.2 Å². The second-order valence-corrected chi connectivity index (χ2v) is 5.79. The number of Topliss-reactive ketones (excluding diaryl/α,β-unsaturated/α-hetero) is 1. The van der Waals surface area contributed by atoms with Crippen molar-refractivity contribution in [3.63, 3.8) is 0 Å². The van der Waals surface area contributed by atoms with Crippen molar-refractivity contribution in [3.05, 3.63) is 48.0 Å². The van der Waals surface area contributed by atoms with Gasteiger partial charge in [0, 0.05) is 6.92 Å². The standard InChI is InChI=1S/C19H19NO6/c1-12(21)20-16(10-18(23)24)17(22)11-26-19(25)9-14-7-4-6-13-5-2-3-8-15(13)14/h2-8,16H,9-11H2,1H3,(H,20,21)(H,23,24). The average molecular weight is 357 g/mol. The zero-order valence-electron chi connectivity index (χ0n) is 14.2. The Bertz CT molecular complexity index is 824. The molecule has 1 unspecified atom stereocenters. The average Bonchev–Trinajstić information content (AvgIpc) is 2.58. The smallest absolute Gasteiger partial charge is 0.310 e. The van der Waals surface area contributed by atoms with Gasteiger partial charge in [-0.3, -0.25) is 19.2 Å². The van der Waals surface area contributed by atoms with Gasteiger partial charge in [0.15, 0.2) is 12.4 Å². The minimum Gasteiger partial charge on any atom is -0.481 e. The maximum atomic E-state index is 12.0. The number of carboxylic acid groups (broad SMARTS) is 1. The molecule has 0 aliphatic heterocycles. The highest BCUT2D eigenvalue weighted by Gasteiger charge is 2.23. The Morgan fingerprint density at radius 2 is 1.77 bits per heavy atom. The van der Waals surface area contributed by atoms with E-state index in [0.29, 0.717) is 0 Å². The Morgan fingerprint density at radius 1 is 1.08 bits per heavy atom. The molecule has 0 saturated heterocycles. The van der Waals surface area contributed by atoms with E-state index < -0.39 is 42.7 Å². The molecular formula is C19H19NO6. The molecule has 0 fully saturated rings. The fourth-order valence-corrected chi connectivity index (χ4v) is 2.57. The highest BCUT2D eigenvalue weighted by atomic mass is 16.5. The zero-order chi connectivity index (χ0) is 19.1. The predicted molar refractivity (Wildman–Crippen MR) is 93.5 cm³/mol. The number of ether oxygens (including phenoxy) is 1. The summed E-state index contributed by atoms with van der Waals surface area (Å²) < 4.78 is 4.97. The fraction of sp³-hybridized carbons (Fsp3) is 0.263. The van der Waals surface area contributed by atoms with Gasteiger partial charge in [0.25, 0.3) is 0 Å². The molecule has 2 N–H and O–H groups in total. The summed E-state index contributed by atoms with van der Waals surface area (Å²) in [5, 5.41) is 13.0. The van der Waals surface area contributed by atoms with Crippen LogP contribution in [0.2, 0.25) is 0 Å². The number of hydrogen-bond donors (Lipinski definition) is 2. The van der Waals surface area contributed by atoms with Crippen molar-refractivity contribution in [1.82, 2.24) is 5.32 Å². The van der Waals surface area contributed by atoms with E-state index in [1.165, 1.54) is 6.92 Å². The first kappa shape index (κ1) is 19.1. The van der Waals surface area contributed by atoms with Gasteiger partial charge in [-0.1, -0.05) is 42.5 Å². The Hall–Kier alpha value is -3.22. The lowest BCUT2D eigenvalue weighted by atomic mass is 10.0. The summed E-state index contributed by atoms with van der Waals surface area (Å²) in [6.07, 6.45) is -0.586. The molecule has 0 spiro atoms. The number of carboxylic acids is 1. The number of carbonyl (C=O) groups excluding carboxylic acids is 3. The lowest BCUT2D eigenvalue weighted by molar-refractivity contribution is -0.148. The third-order valence-corrected chi connectivity index (χ3v) is 3.74. The molecule has 1 atom stereocenters. The molecule has 0 radical (unpaired) electrons. The number of rotatable bonds is 8. The molecule has 2 aromatic carbocycles. The highest BCUT2D eigenvalue weighted by molar-refractivity contribution is 5.94. The summed E-state index contributed by atoms with van der Waals surface area (Å²) in [5.74, 6) is -3.05. The van der Waals surface area contributed by atoms with Crippen LogP contribution in [0.5, 0.6) is 0 Å². The van der Waals surface area contributed by atoms with E-state index >= 15 is 0 Å². The third-order valence-electron chi connectivity index (χ3n) is 3.74. The summed E-state index contributed by atoms with van der Waals surface area (Å²) in [5.41, 5.74) is 0.768. The first-order valence-corrected chi connectivity index (χ1v) is 8.00. The summed E-state index contributed by atoms with van der Waals surface area (Å²) in [6.45, 7) is 0.580. The molecule has 0 saturated carbocycles. The lowest BCUT2D eigenvalue weighted by Gasteiger charge is -2.14. The molecule has 0 aliphatic rings. The number of hydrogen-bond acceptors (Lipinski definition) is 5. The summed E-state index contributed by atoms with van der Waals surface area (Å²) in [4.78, 5) is 45.9. The fourth-order valence-electron chi connectivity index (χ4n) is 2.57. The van der Waals surface area contributed by atoms with Crippen LogP contribution in [0.4, 0.5) is 0 Å². The number of amides is 1. The minimum atomic E-state index is -1.24. The van der Waals surface area contributed by atoms with Crippen LogP contribution in [-0.4, -0.2) is 41.4 Å². The number of benzene rings is 2. The van der Waals surface area contributed by atoms with Gasteiger partial charge in [-0.2, -0.15) is 0 Å². The van der Waals surface area contributed by atoms with E-state index in [4.69, 9.17) is 9.84 Å². The van der Waals surface area contributed by atoms with Crippen LogP contribution in [0.3, 0.4) is 0 Å². The van der Waals surface area contributed by atoms with Crippen LogP contribution < -0.4 is 5.32 Å². The quantitative estimate of drug-likeness (QED) is 0.693. The lowest BCUT2D eigenvalue weighted by Crippen LogP contribution is -2.43. The summed E-state index contributed by atoms with van der Waals surface area (Å²) in [6, 6.07) is 11.9. The molecule has 7 nitrogen and oxygen atoms in total. The first-order valence-electron chi connectivity index (χ1n) is 8.00. The van der Waals surface area contributed by atoms with E-state index in [1.807, 2.05) is 36.4 Å². The third kappa shape index (κ3) is 5.41. The van der Waals surface area contributed by atoms with Gasteiger partial charge in [-0.05, 0) is 16.3 Å². The monoisotopic (exact) mass is 357 g/mol. The first-order chi connectivity index (χ1) is 12.4. The Labute approximate surface area is 150 Å². The molecule has 0 aliphatic carbocycles. The number of ketones is 1. The molecule has 2 aromatic rings. The van der Waals surface area contributed by atoms with Crippen molar-refractivity contribution < 1.29 is 29.0 Å². The Balaban J connectivity index is 1.97. The van der Waals surface area contributed by atoms with Crippen molar-refractivity contribution in [2.24, 2.45) is 0 Å². The summed E-state index contributed by atoms with van der Waals surface area (Å²) >= 11 is 0. The normalized spacial score (nSPS) is 11.6. The molecule has 7 heteroatoms. The molecule has 0 bridgehead atoms. The number of nitrogens with one attached hydrogen (secondary N) is 1. The predicted octanol–water partition coefficient (Wildman–Crippen LogP) is 1.47. The number of carbonyl (C=O) groups is 4. The van der Waals surface area contributed by atoms with E-state index in [-0.39, 0.29) is 6.42 Å². The largest absolute Gasteiger partial charge is 0.481 e. The van der Waals surface area contributed by atoms with Crippen molar-refractivity contribution in [1.29, 1.82) is 0 Å². The number of aliphatic carboxylic acids is 1. The van der Waals surface area contributed by atoms with Gasteiger partial charge in [-0.25, -0.2) is 0 Å². The zero-order valence-corrected chi connectivity index (χ0v) is 14.2. The van der Waals surface area contributed by atoms with Crippen molar-refractivity contribution in [2.45, 2.75) is 25.8 Å². The maximum Gasteiger partial charge on any atom is 0.310 e. The van der Waals surface area contributed by atoms with Gasteiger partial charge >= 0.3 is 11.9 Å². The minimum absolute atomic E-state index is 0.0155. The second-order valence-electron chi connectivity index (χ2n) is 5.79. The molecular weight excluding hydrogens is 338 g/mol. The van der Waals surface area contributed by atoms with Crippen LogP contribution in [0.1, 0.15) is 18.9 Å². The van der Waals surface area contributed by atoms with Crippen molar-refractivity contribution in [2.75, 3.05) is 6.61 Å². The van der Waals surface area contributed by atoms with Crippen LogP contribution in [0.25, 0.3) is 10.8 Å². The SMILES string of the molecule is CC(=O)NC(CC(=O)O)C(=O)COC(=O)Cc1cccc2ccccc12. The van der Waals surface area contributed by atoms with Gasteiger partial charge in [0.1, 0.15) is 6.04 Å². The maximum absolute atomic E-state index is 12.0. The van der Waals surface area contributed by atoms with Crippen molar-refractivity contribution in [3.8, 4) is 0 Å². The molecule has 1 amide bonds. The van der Waals surface area contributed by atoms with Gasteiger partial charge in [0.05, 0.1) is 12.8 Å². The second kappa shape index (κ2) is 8.75. The van der Waals surface area contributed by atoms with Crippen LogP contribution in [-0.2, 0) is 30.3 Å². The van der Waals surface area contributed by atoms with Gasteiger partial charge in [0.2, 0.25) is 5.91 Å². The van der Waals surface area contributed by atoms with Crippen molar-refractivity contribution >= 4 is 34.4 Å². The topological polar surface area (TPSA) is 110 Å². The Morgan fingerprint density at radius 3 is 2.46 bits per heavy atom. The molecule has 136 valence electrons. The number of esters is 1. The van der Waals surface area contributed by atoms with Gasteiger partial charge in [-0.15, -0.1) is 0 Å². The molecule has 0 heterocycles. The van der Waals surface area contributed by atoms with E-state index in [1.54, 1.807) is 6.07 Å². The van der Waals surface area contributed by atoms with E-state index in [2.05, 4.69) is 5.32 Å². The highest BCUT2D eigenvalue weighted by Crippen LogP contribution is 2.19. The molecule has 0 aromatic heterocycles. The Kier molecular flexibility index (Phi) is 6.43. The van der Waals surface area contributed by atoms with Crippen LogP contribution >= 0.6 is 0 Å². The number of fused-ring (bicyclic) bond motifs is 1. The van der Waals surface area contributed by atoms with E-state index in [0.717, 1.165) is 16.3 Å². The molecule has 26 heavy (non-hydrogen) atoms. The van der Waals surface area contributed by atoms with Crippen LogP contribution in [0.15, 0.2) is 42.5 Å². The van der Waals surface area contributed by atoms with Crippen LogP contribution in [0, 0.1) is 0 Å². The van der Waals surface area contributed by atoms with Gasteiger partial charge < -0.3 is 15.2 Å².